The molecule has 5 nitrogen and oxygen atoms in total. The number of pyridine rings is 1. The summed E-state index contributed by atoms with van der Waals surface area (Å²) >= 11 is 1.82. The molecule has 1 aliphatic heterocycles. The Morgan fingerprint density at radius 3 is 2.90 bits per heavy atom. The minimum atomic E-state index is 0.158. The largest absolute Gasteiger partial charge is 0.312 e. The van der Waals surface area contributed by atoms with Gasteiger partial charge in [-0.25, -0.2) is 4.68 Å². The summed E-state index contributed by atoms with van der Waals surface area (Å²) < 4.78 is 1.76. The molecule has 1 fully saturated rings. The average molecular weight is 288 g/mol. The van der Waals surface area contributed by atoms with E-state index in [9.17, 15) is 4.79 Å². The molecule has 104 valence electrons. The predicted molar refractivity (Wildman–Crippen MR) is 80.3 cm³/mol. The normalized spacial score (nSPS) is 14.9. The highest BCUT2D eigenvalue weighted by molar-refractivity contribution is 8.00. The van der Waals surface area contributed by atoms with Crippen LogP contribution in [0.5, 0.6) is 0 Å². The molecule has 0 atom stereocenters. The van der Waals surface area contributed by atoms with Crippen molar-refractivity contribution in [2.24, 2.45) is 5.92 Å². The van der Waals surface area contributed by atoms with E-state index in [1.807, 2.05) is 44.1 Å². The van der Waals surface area contributed by atoms with Gasteiger partial charge in [-0.2, -0.15) is 16.9 Å². The van der Waals surface area contributed by atoms with Crippen LogP contribution < -0.4 is 4.90 Å². The number of carbonyl (C=O) groups excluding carboxylic acids is 1. The van der Waals surface area contributed by atoms with Crippen molar-refractivity contribution in [3.63, 3.8) is 0 Å². The molecule has 0 N–H and O–H groups in total. The molecule has 6 heteroatoms. The highest BCUT2D eigenvalue weighted by Crippen LogP contribution is 2.29. The number of aryl methyl sites for hydroxylation is 1. The van der Waals surface area contributed by atoms with Crippen molar-refractivity contribution in [3.05, 3.63) is 36.4 Å². The summed E-state index contributed by atoms with van der Waals surface area (Å²) in [5.74, 6) is 2.20. The Hall–Kier alpha value is -1.82. The van der Waals surface area contributed by atoms with Gasteiger partial charge < -0.3 is 4.90 Å². The summed E-state index contributed by atoms with van der Waals surface area (Å²) in [6, 6.07) is 3.81. The number of amides is 1. The molecule has 1 aliphatic rings. The molecule has 3 rings (SSSR count). The van der Waals surface area contributed by atoms with Crippen molar-refractivity contribution >= 4 is 23.4 Å². The van der Waals surface area contributed by atoms with Crippen molar-refractivity contribution in [1.82, 2.24) is 14.8 Å². The van der Waals surface area contributed by atoms with Crippen LogP contribution in [0.3, 0.4) is 0 Å². The van der Waals surface area contributed by atoms with E-state index in [1.165, 1.54) is 0 Å². The Balaban J connectivity index is 1.87. The van der Waals surface area contributed by atoms with E-state index in [-0.39, 0.29) is 11.8 Å². The van der Waals surface area contributed by atoms with Crippen LogP contribution in [0.4, 0.5) is 5.69 Å². The third kappa shape index (κ3) is 2.31. The van der Waals surface area contributed by atoms with Gasteiger partial charge in [0, 0.05) is 24.8 Å². The van der Waals surface area contributed by atoms with Gasteiger partial charge in [0.15, 0.2) is 0 Å². The minimum absolute atomic E-state index is 0.158. The molecule has 0 aromatic carbocycles. The number of thioether (sulfide) groups is 1. The Kier molecular flexibility index (Phi) is 3.48. The van der Waals surface area contributed by atoms with Crippen molar-refractivity contribution in [2.45, 2.75) is 6.92 Å². The van der Waals surface area contributed by atoms with Crippen LogP contribution in [-0.4, -0.2) is 39.2 Å². The van der Waals surface area contributed by atoms with Gasteiger partial charge >= 0.3 is 0 Å². The number of hydrogen-bond donors (Lipinski definition) is 0. The SMILES string of the molecule is Cc1nn(-c2cccnc2)cc1N(C)C(=O)C1CSC1. The third-order valence-corrected chi connectivity index (χ3v) is 4.74. The first-order valence-electron chi connectivity index (χ1n) is 6.49. The maximum absolute atomic E-state index is 12.3. The van der Waals surface area contributed by atoms with Crippen LogP contribution in [0.1, 0.15) is 5.69 Å². The van der Waals surface area contributed by atoms with Crippen molar-refractivity contribution in [3.8, 4) is 5.69 Å². The lowest BCUT2D eigenvalue weighted by Crippen LogP contribution is -2.39. The maximum atomic E-state index is 12.3. The fourth-order valence-corrected chi connectivity index (χ4v) is 2.93. The lowest BCUT2D eigenvalue weighted by atomic mass is 10.1. The fourth-order valence-electron chi connectivity index (χ4n) is 2.17. The molecule has 1 saturated heterocycles. The van der Waals surface area contributed by atoms with Crippen LogP contribution >= 0.6 is 11.8 Å². The number of rotatable bonds is 3. The summed E-state index contributed by atoms with van der Waals surface area (Å²) in [4.78, 5) is 18.1. The molecular weight excluding hydrogens is 272 g/mol. The Morgan fingerprint density at radius 1 is 1.50 bits per heavy atom. The summed E-state index contributed by atoms with van der Waals surface area (Å²) in [6.45, 7) is 1.92. The number of aromatic nitrogens is 3. The first kappa shape index (κ1) is 13.2. The van der Waals surface area contributed by atoms with Gasteiger partial charge in [0.25, 0.3) is 0 Å². The summed E-state index contributed by atoms with van der Waals surface area (Å²) in [5.41, 5.74) is 2.59. The summed E-state index contributed by atoms with van der Waals surface area (Å²) in [5, 5.41) is 4.47. The third-order valence-electron chi connectivity index (χ3n) is 3.46. The lowest BCUT2D eigenvalue weighted by molar-refractivity contribution is -0.121. The van der Waals surface area contributed by atoms with Gasteiger partial charge in [-0.15, -0.1) is 0 Å². The van der Waals surface area contributed by atoms with E-state index in [0.717, 1.165) is 28.6 Å². The highest BCUT2D eigenvalue weighted by Gasteiger charge is 2.30. The van der Waals surface area contributed by atoms with Gasteiger partial charge in [0.1, 0.15) is 0 Å². The van der Waals surface area contributed by atoms with Gasteiger partial charge in [0.05, 0.1) is 35.4 Å². The second kappa shape index (κ2) is 5.28. The van der Waals surface area contributed by atoms with Gasteiger partial charge in [0.2, 0.25) is 5.91 Å². The molecule has 20 heavy (non-hydrogen) atoms. The molecule has 0 spiro atoms. The average Bonchev–Trinajstić information content (AvgIpc) is 2.79. The van der Waals surface area contributed by atoms with E-state index < -0.39 is 0 Å². The molecule has 3 heterocycles. The Bertz CT molecular complexity index is 621. The molecule has 0 saturated carbocycles. The standard InChI is InChI=1S/C14H16N4OS/c1-10-13(17(2)14(19)11-8-20-9-11)7-18(16-10)12-4-3-5-15-6-12/h3-7,11H,8-9H2,1-2H3. The molecule has 0 aliphatic carbocycles. The van der Waals surface area contributed by atoms with Crippen LogP contribution in [0.25, 0.3) is 5.69 Å². The zero-order valence-corrected chi connectivity index (χ0v) is 12.3. The smallest absolute Gasteiger partial charge is 0.231 e. The molecular formula is C14H16N4OS. The van der Waals surface area contributed by atoms with Gasteiger partial charge in [-0.1, -0.05) is 0 Å². The van der Waals surface area contributed by atoms with Crippen LogP contribution in [0.15, 0.2) is 30.7 Å². The number of nitrogens with zero attached hydrogens (tertiary/aromatic N) is 4. The lowest BCUT2D eigenvalue weighted by Gasteiger charge is -2.28. The molecule has 0 unspecified atom stereocenters. The molecule has 0 radical (unpaired) electrons. The quantitative estimate of drug-likeness (QED) is 0.865. The number of hydrogen-bond acceptors (Lipinski definition) is 4. The van der Waals surface area contributed by atoms with E-state index in [2.05, 4.69) is 10.1 Å². The summed E-state index contributed by atoms with van der Waals surface area (Å²) in [7, 11) is 1.82. The van der Waals surface area contributed by atoms with Crippen molar-refractivity contribution in [1.29, 1.82) is 0 Å². The number of anilines is 1. The molecule has 2 aromatic rings. The zero-order chi connectivity index (χ0) is 14.1. The number of carbonyl (C=O) groups is 1. The van der Waals surface area contributed by atoms with E-state index in [4.69, 9.17) is 0 Å². The first-order chi connectivity index (χ1) is 9.66. The fraction of sp³-hybridized carbons (Fsp3) is 0.357. The Labute approximate surface area is 122 Å². The molecule has 0 bridgehead atoms. The van der Waals surface area contributed by atoms with Crippen LogP contribution in [0.2, 0.25) is 0 Å². The second-order valence-corrected chi connectivity index (χ2v) is 5.96. The van der Waals surface area contributed by atoms with Crippen molar-refractivity contribution in [2.75, 3.05) is 23.5 Å². The minimum Gasteiger partial charge on any atom is -0.312 e. The van der Waals surface area contributed by atoms with Crippen molar-refractivity contribution < 1.29 is 4.79 Å². The highest BCUT2D eigenvalue weighted by atomic mass is 32.2. The maximum Gasteiger partial charge on any atom is 0.231 e. The first-order valence-corrected chi connectivity index (χ1v) is 7.64. The summed E-state index contributed by atoms with van der Waals surface area (Å²) in [6.07, 6.45) is 5.36. The van der Waals surface area contributed by atoms with E-state index >= 15 is 0 Å². The topological polar surface area (TPSA) is 51.0 Å². The Morgan fingerprint density at radius 2 is 2.30 bits per heavy atom. The molecule has 1 amide bonds. The van der Waals surface area contributed by atoms with Gasteiger partial charge in [-0.05, 0) is 19.1 Å². The molecule has 2 aromatic heterocycles. The predicted octanol–water partition coefficient (Wildman–Crippen LogP) is 1.90. The monoisotopic (exact) mass is 288 g/mol. The van der Waals surface area contributed by atoms with Gasteiger partial charge in [-0.3, -0.25) is 9.78 Å². The zero-order valence-electron chi connectivity index (χ0n) is 11.5. The van der Waals surface area contributed by atoms with Crippen LogP contribution in [0, 0.1) is 12.8 Å². The van der Waals surface area contributed by atoms with E-state index in [0.29, 0.717) is 0 Å². The van der Waals surface area contributed by atoms with Crippen LogP contribution in [-0.2, 0) is 4.79 Å². The second-order valence-electron chi connectivity index (χ2n) is 4.89. The van der Waals surface area contributed by atoms with E-state index in [1.54, 1.807) is 22.0 Å².